The Labute approximate surface area is 233 Å². The molecule has 2 aromatic carbocycles. The van der Waals surface area contributed by atoms with Crippen LogP contribution in [0.1, 0.15) is 88.3 Å². The zero-order chi connectivity index (χ0) is 27.2. The van der Waals surface area contributed by atoms with Gasteiger partial charge in [0.05, 0.1) is 5.92 Å². The van der Waals surface area contributed by atoms with Crippen LogP contribution in [-0.4, -0.2) is 36.3 Å². The molecule has 2 aromatic rings. The van der Waals surface area contributed by atoms with Crippen LogP contribution >= 0.6 is 0 Å². The summed E-state index contributed by atoms with van der Waals surface area (Å²) in [6, 6.07) is 16.4. The van der Waals surface area contributed by atoms with Crippen LogP contribution in [0.15, 0.2) is 48.5 Å². The van der Waals surface area contributed by atoms with Crippen LogP contribution in [0.5, 0.6) is 5.75 Å². The fraction of sp³-hybridized carbons (Fsp3) is 0.576. The van der Waals surface area contributed by atoms with Gasteiger partial charge in [-0.05, 0) is 73.3 Å². The average Bonchev–Trinajstić information content (AvgIpc) is 2.96. The van der Waals surface area contributed by atoms with Crippen molar-refractivity contribution < 1.29 is 23.8 Å². The molecule has 2 fully saturated rings. The highest BCUT2D eigenvalue weighted by Crippen LogP contribution is 2.56. The molecule has 6 heteroatoms. The highest BCUT2D eigenvalue weighted by atomic mass is 16.7. The monoisotopic (exact) mass is 533 g/mol. The van der Waals surface area contributed by atoms with Crippen molar-refractivity contribution in [3.05, 3.63) is 65.2 Å². The van der Waals surface area contributed by atoms with E-state index >= 15 is 0 Å². The van der Waals surface area contributed by atoms with Crippen LogP contribution < -0.4 is 4.74 Å². The third-order valence-corrected chi connectivity index (χ3v) is 9.28. The quantitative estimate of drug-likeness (QED) is 0.239. The number of amides is 1. The molecular weight excluding hydrogens is 490 g/mol. The van der Waals surface area contributed by atoms with E-state index in [1.165, 1.54) is 24.0 Å². The Kier molecular flexibility index (Phi) is 8.79. The van der Waals surface area contributed by atoms with Crippen molar-refractivity contribution in [3.8, 4) is 5.75 Å². The molecule has 1 saturated carbocycles. The second kappa shape index (κ2) is 12.4. The van der Waals surface area contributed by atoms with E-state index in [0.29, 0.717) is 19.1 Å². The maximum absolute atomic E-state index is 13.3. The first kappa shape index (κ1) is 27.5. The fourth-order valence-electron chi connectivity index (χ4n) is 7.45. The van der Waals surface area contributed by atoms with Crippen molar-refractivity contribution in [1.82, 2.24) is 4.90 Å². The van der Waals surface area contributed by atoms with Gasteiger partial charge in [0.15, 0.2) is 0 Å². The Morgan fingerprint density at radius 3 is 2.56 bits per heavy atom. The number of esters is 1. The third kappa shape index (κ3) is 5.80. The van der Waals surface area contributed by atoms with Crippen LogP contribution in [0.25, 0.3) is 0 Å². The molecule has 0 spiro atoms. The molecule has 2 bridgehead atoms. The van der Waals surface area contributed by atoms with E-state index in [-0.39, 0.29) is 36.2 Å². The highest BCUT2D eigenvalue weighted by Gasteiger charge is 2.55. The second-order valence-corrected chi connectivity index (χ2v) is 11.6. The lowest BCUT2D eigenvalue weighted by atomic mass is 9.52. The molecule has 1 amide bonds. The second-order valence-electron chi connectivity index (χ2n) is 11.6. The molecule has 5 rings (SSSR count). The summed E-state index contributed by atoms with van der Waals surface area (Å²) >= 11 is 0. The normalized spacial score (nSPS) is 23.5. The van der Waals surface area contributed by atoms with Crippen molar-refractivity contribution in [2.45, 2.75) is 96.1 Å². The van der Waals surface area contributed by atoms with Crippen molar-refractivity contribution in [2.24, 2.45) is 11.8 Å². The first-order valence-electron chi connectivity index (χ1n) is 15.0. The van der Waals surface area contributed by atoms with E-state index < -0.39 is 0 Å². The standard InChI is InChI=1S/C33H43NO5/c1-3-10-25(11-4-2)31(35)39-23-38-27-16-15-26-20-30-28-14-8-9-17-33(28,29(26)21-27)18-19-34(30)32(36)37-22-24-12-6-5-7-13-24/h5-7,12-13,15-16,21,25,28,30H,3-4,8-11,14,17-20,22-23H2,1-2H3/t28-,30+,33-/m1/s1. The molecule has 3 aliphatic rings. The van der Waals surface area contributed by atoms with Gasteiger partial charge in [0, 0.05) is 18.0 Å². The van der Waals surface area contributed by atoms with Crippen molar-refractivity contribution in [3.63, 3.8) is 0 Å². The minimum absolute atomic E-state index is 0.0458. The molecule has 0 N–H and O–H groups in total. The van der Waals surface area contributed by atoms with Crippen molar-refractivity contribution in [1.29, 1.82) is 0 Å². The number of nitrogens with zero attached hydrogens (tertiary/aromatic N) is 1. The largest absolute Gasteiger partial charge is 0.457 e. The van der Waals surface area contributed by atoms with E-state index in [9.17, 15) is 9.59 Å². The molecule has 1 saturated heterocycles. The van der Waals surface area contributed by atoms with Crippen LogP contribution in [0.3, 0.4) is 0 Å². The third-order valence-electron chi connectivity index (χ3n) is 9.28. The summed E-state index contributed by atoms with van der Waals surface area (Å²) < 4.78 is 17.3. The first-order chi connectivity index (χ1) is 19.1. The van der Waals surface area contributed by atoms with E-state index in [0.717, 1.165) is 62.7 Å². The molecule has 3 atom stereocenters. The van der Waals surface area contributed by atoms with Crippen LogP contribution in [-0.2, 0) is 32.7 Å². The smallest absolute Gasteiger partial charge is 0.410 e. The lowest BCUT2D eigenvalue weighted by Crippen LogP contribution is -2.62. The van der Waals surface area contributed by atoms with E-state index in [1.807, 2.05) is 41.3 Å². The summed E-state index contributed by atoms with van der Waals surface area (Å²) in [6.45, 7) is 5.16. The summed E-state index contributed by atoms with van der Waals surface area (Å²) in [5.41, 5.74) is 3.75. The van der Waals surface area contributed by atoms with Gasteiger partial charge in [-0.2, -0.15) is 0 Å². The van der Waals surface area contributed by atoms with Crippen LogP contribution in [0.2, 0.25) is 0 Å². The molecule has 0 unspecified atom stereocenters. The number of fused-ring (bicyclic) bond motifs is 1. The zero-order valence-electron chi connectivity index (χ0n) is 23.5. The number of rotatable bonds is 10. The van der Waals surface area contributed by atoms with Gasteiger partial charge in [-0.3, -0.25) is 4.79 Å². The van der Waals surface area contributed by atoms with Gasteiger partial charge in [0.2, 0.25) is 6.79 Å². The lowest BCUT2D eigenvalue weighted by Gasteiger charge is -2.58. The average molecular weight is 534 g/mol. The maximum atomic E-state index is 13.3. The van der Waals surface area contributed by atoms with Gasteiger partial charge in [-0.1, -0.05) is 75.9 Å². The number of carbonyl (C=O) groups excluding carboxylic acids is 2. The first-order valence-corrected chi connectivity index (χ1v) is 15.0. The summed E-state index contributed by atoms with van der Waals surface area (Å²) in [6.07, 6.45) is 9.92. The molecule has 210 valence electrons. The topological polar surface area (TPSA) is 65.1 Å². The van der Waals surface area contributed by atoms with Crippen LogP contribution in [0.4, 0.5) is 4.79 Å². The van der Waals surface area contributed by atoms with Crippen molar-refractivity contribution in [2.75, 3.05) is 13.3 Å². The number of hydrogen-bond donors (Lipinski definition) is 0. The summed E-state index contributed by atoms with van der Waals surface area (Å²) in [5, 5.41) is 0. The molecule has 39 heavy (non-hydrogen) atoms. The van der Waals surface area contributed by atoms with Gasteiger partial charge in [-0.15, -0.1) is 0 Å². The SMILES string of the molecule is CCCC(CCC)C(=O)OCOc1ccc2c(c1)[C@@]13CCCC[C@@H]1[C@H](C2)N(C(=O)OCc1ccccc1)CC3. The summed E-state index contributed by atoms with van der Waals surface area (Å²) in [5.74, 6) is 0.979. The Hall–Kier alpha value is -3.02. The van der Waals surface area contributed by atoms with Crippen molar-refractivity contribution >= 4 is 12.1 Å². The molecule has 6 nitrogen and oxygen atoms in total. The number of hydrogen-bond acceptors (Lipinski definition) is 5. The maximum Gasteiger partial charge on any atom is 0.410 e. The number of piperidine rings is 1. The Balaban J connectivity index is 1.28. The number of likely N-dealkylation sites (tertiary alicyclic amines) is 1. The van der Waals surface area contributed by atoms with E-state index in [1.54, 1.807) is 0 Å². The predicted octanol–water partition coefficient (Wildman–Crippen LogP) is 7.18. The molecule has 0 aromatic heterocycles. The zero-order valence-corrected chi connectivity index (χ0v) is 23.5. The van der Waals surface area contributed by atoms with Gasteiger partial charge in [-0.25, -0.2) is 4.79 Å². The van der Waals surface area contributed by atoms with E-state index in [4.69, 9.17) is 14.2 Å². The molecule has 1 heterocycles. The van der Waals surface area contributed by atoms with Gasteiger partial charge in [0.1, 0.15) is 12.4 Å². The number of benzene rings is 2. The van der Waals surface area contributed by atoms with Gasteiger partial charge >= 0.3 is 12.1 Å². The summed E-state index contributed by atoms with van der Waals surface area (Å²) in [4.78, 5) is 27.8. The highest BCUT2D eigenvalue weighted by molar-refractivity contribution is 5.72. The Morgan fingerprint density at radius 1 is 1.00 bits per heavy atom. The molecule has 0 radical (unpaired) electrons. The fourth-order valence-corrected chi connectivity index (χ4v) is 7.45. The van der Waals surface area contributed by atoms with Gasteiger partial charge < -0.3 is 19.1 Å². The molecular formula is C33H43NO5. The predicted molar refractivity (Wildman–Crippen MR) is 150 cm³/mol. The number of ether oxygens (including phenoxy) is 3. The molecule has 1 aliphatic heterocycles. The van der Waals surface area contributed by atoms with E-state index in [2.05, 4.69) is 26.0 Å². The Morgan fingerprint density at radius 2 is 1.79 bits per heavy atom. The Bertz CT molecular complexity index is 1130. The lowest BCUT2D eigenvalue weighted by molar-refractivity contribution is -0.155. The van der Waals surface area contributed by atoms with Crippen LogP contribution in [0, 0.1) is 11.8 Å². The summed E-state index contributed by atoms with van der Waals surface area (Å²) in [7, 11) is 0. The minimum Gasteiger partial charge on any atom is -0.457 e. The molecule has 2 aliphatic carbocycles. The van der Waals surface area contributed by atoms with Gasteiger partial charge in [0.25, 0.3) is 0 Å². The number of carbonyl (C=O) groups is 2. The minimum atomic E-state index is -0.197.